The van der Waals surface area contributed by atoms with E-state index in [-0.39, 0.29) is 5.75 Å². The molecule has 148 valence electrons. The van der Waals surface area contributed by atoms with E-state index in [1.807, 2.05) is 19.1 Å². The third-order valence-electron chi connectivity index (χ3n) is 4.83. The van der Waals surface area contributed by atoms with Gasteiger partial charge in [-0.05, 0) is 50.5 Å². The fraction of sp³-hybridized carbons (Fsp3) is 0.364. The fourth-order valence-corrected chi connectivity index (χ4v) is 3.53. The summed E-state index contributed by atoms with van der Waals surface area (Å²) in [6.07, 6.45) is 3.51. The van der Waals surface area contributed by atoms with Crippen molar-refractivity contribution in [3.8, 4) is 17.2 Å². The molecular formula is C22H25NO4S. The number of likely N-dealkylation sites (tertiary alicyclic amines) is 1. The zero-order valence-electron chi connectivity index (χ0n) is 16.5. The van der Waals surface area contributed by atoms with Gasteiger partial charge in [-0.2, -0.15) is 0 Å². The molecule has 0 N–H and O–H groups in total. The Labute approximate surface area is 171 Å². The molecule has 2 aromatic rings. The summed E-state index contributed by atoms with van der Waals surface area (Å²) < 4.78 is 16.6. The normalized spacial score (nSPS) is 13.8. The van der Waals surface area contributed by atoms with Crippen molar-refractivity contribution < 1.29 is 19.0 Å². The van der Waals surface area contributed by atoms with Crippen LogP contribution in [0.4, 0.5) is 0 Å². The van der Waals surface area contributed by atoms with Gasteiger partial charge in [0, 0.05) is 18.7 Å². The first kappa shape index (κ1) is 20.1. The average Bonchev–Trinajstić information content (AvgIpc) is 2.74. The Balaban J connectivity index is 1.89. The molecule has 0 radical (unpaired) electrons. The van der Waals surface area contributed by atoms with Crippen molar-refractivity contribution in [2.75, 3.05) is 27.3 Å². The number of carbonyl (C=O) groups is 1. The van der Waals surface area contributed by atoms with Gasteiger partial charge in [-0.3, -0.25) is 0 Å². The molecular weight excluding hydrogens is 374 g/mol. The Morgan fingerprint density at radius 1 is 0.929 bits per heavy atom. The molecule has 0 amide bonds. The molecule has 1 fully saturated rings. The zero-order valence-corrected chi connectivity index (χ0v) is 17.3. The molecule has 0 aliphatic carbocycles. The van der Waals surface area contributed by atoms with Gasteiger partial charge in [-0.1, -0.05) is 29.9 Å². The number of esters is 1. The van der Waals surface area contributed by atoms with Crippen molar-refractivity contribution in [1.29, 1.82) is 0 Å². The Bertz CT molecular complexity index is 832. The molecule has 1 aliphatic heterocycles. The van der Waals surface area contributed by atoms with E-state index in [2.05, 4.69) is 4.90 Å². The number of aryl methyl sites for hydroxylation is 1. The van der Waals surface area contributed by atoms with Crippen LogP contribution in [0, 0.1) is 6.92 Å². The van der Waals surface area contributed by atoms with E-state index >= 15 is 0 Å². The molecule has 0 bridgehead atoms. The van der Waals surface area contributed by atoms with E-state index in [1.165, 1.54) is 20.6 Å². The van der Waals surface area contributed by atoms with E-state index < -0.39 is 5.97 Å². The van der Waals surface area contributed by atoms with Crippen molar-refractivity contribution in [2.24, 2.45) is 0 Å². The van der Waals surface area contributed by atoms with Gasteiger partial charge >= 0.3 is 5.97 Å². The molecule has 1 heterocycles. The smallest absolute Gasteiger partial charge is 0.343 e. The van der Waals surface area contributed by atoms with Crippen molar-refractivity contribution in [3.05, 3.63) is 53.1 Å². The van der Waals surface area contributed by atoms with Crippen LogP contribution in [-0.4, -0.2) is 43.2 Å². The highest BCUT2D eigenvalue weighted by Gasteiger charge is 2.22. The number of hydrogen-bond donors (Lipinski definition) is 0. The summed E-state index contributed by atoms with van der Waals surface area (Å²) in [4.78, 5) is 15.5. The van der Waals surface area contributed by atoms with Crippen LogP contribution in [0.1, 0.15) is 40.7 Å². The third kappa shape index (κ3) is 4.44. The molecule has 0 unspecified atom stereocenters. The summed E-state index contributed by atoms with van der Waals surface area (Å²) in [5.74, 6) is 0.604. The maximum atomic E-state index is 12.6. The molecule has 6 heteroatoms. The van der Waals surface area contributed by atoms with Gasteiger partial charge < -0.3 is 19.1 Å². The average molecular weight is 400 g/mol. The van der Waals surface area contributed by atoms with Gasteiger partial charge in [-0.15, -0.1) is 0 Å². The lowest BCUT2D eigenvalue weighted by Gasteiger charge is -2.29. The van der Waals surface area contributed by atoms with Crippen LogP contribution < -0.4 is 14.2 Å². The molecule has 1 aliphatic rings. The topological polar surface area (TPSA) is 48.0 Å². The number of methoxy groups -OCH3 is 2. The Morgan fingerprint density at radius 2 is 1.50 bits per heavy atom. The highest BCUT2D eigenvalue weighted by molar-refractivity contribution is 7.80. The van der Waals surface area contributed by atoms with E-state index in [9.17, 15) is 4.79 Å². The Hall–Kier alpha value is -2.60. The summed E-state index contributed by atoms with van der Waals surface area (Å²) >= 11 is 5.68. The van der Waals surface area contributed by atoms with Crippen molar-refractivity contribution >= 4 is 23.2 Å². The summed E-state index contributed by atoms with van der Waals surface area (Å²) in [5.41, 5.74) is 2.35. The molecule has 2 aromatic carbocycles. The van der Waals surface area contributed by atoms with Crippen LogP contribution in [-0.2, 0) is 0 Å². The second-order valence-electron chi connectivity index (χ2n) is 6.82. The third-order valence-corrected chi connectivity index (χ3v) is 5.33. The molecule has 1 saturated heterocycles. The molecule has 0 atom stereocenters. The minimum Gasteiger partial charge on any atom is -0.493 e. The molecule has 28 heavy (non-hydrogen) atoms. The van der Waals surface area contributed by atoms with Gasteiger partial charge in [-0.25, -0.2) is 4.79 Å². The Kier molecular flexibility index (Phi) is 6.52. The first-order valence-corrected chi connectivity index (χ1v) is 9.78. The summed E-state index contributed by atoms with van der Waals surface area (Å²) in [7, 11) is 3.07. The van der Waals surface area contributed by atoms with E-state index in [0.717, 1.165) is 42.0 Å². The lowest BCUT2D eigenvalue weighted by atomic mass is 10.1. The van der Waals surface area contributed by atoms with Crippen molar-refractivity contribution in [2.45, 2.75) is 26.2 Å². The van der Waals surface area contributed by atoms with Crippen LogP contribution in [0.25, 0.3) is 0 Å². The molecule has 0 aromatic heterocycles. The number of piperidine rings is 1. The molecule has 5 nitrogen and oxygen atoms in total. The number of benzene rings is 2. The second-order valence-corrected chi connectivity index (χ2v) is 7.20. The number of nitrogens with zero attached hydrogens (tertiary/aromatic N) is 1. The number of carbonyl (C=O) groups excluding carboxylic acids is 1. The van der Waals surface area contributed by atoms with Gasteiger partial charge in [0.15, 0.2) is 11.5 Å². The minimum atomic E-state index is -0.469. The number of ether oxygens (including phenoxy) is 3. The number of hydrogen-bond acceptors (Lipinski definition) is 5. The summed E-state index contributed by atoms with van der Waals surface area (Å²) in [6, 6.07) is 10.8. The maximum absolute atomic E-state index is 12.6. The zero-order chi connectivity index (χ0) is 20.1. The molecule has 3 rings (SSSR count). The van der Waals surface area contributed by atoms with Crippen LogP contribution >= 0.6 is 12.2 Å². The monoisotopic (exact) mass is 399 g/mol. The van der Waals surface area contributed by atoms with Gasteiger partial charge in [0.1, 0.15) is 4.99 Å². The lowest BCUT2D eigenvalue weighted by Crippen LogP contribution is -2.34. The largest absolute Gasteiger partial charge is 0.493 e. The SMILES string of the molecule is COc1cc(C(=S)N2CCCCC2)cc(OC)c1OC(=O)c1ccc(C)cc1. The van der Waals surface area contributed by atoms with Crippen LogP contribution in [0.2, 0.25) is 0 Å². The first-order chi connectivity index (χ1) is 13.5. The van der Waals surface area contributed by atoms with Crippen molar-refractivity contribution in [3.63, 3.8) is 0 Å². The Morgan fingerprint density at radius 3 is 2.04 bits per heavy atom. The maximum Gasteiger partial charge on any atom is 0.343 e. The van der Waals surface area contributed by atoms with Gasteiger partial charge in [0.2, 0.25) is 5.75 Å². The first-order valence-electron chi connectivity index (χ1n) is 9.37. The van der Waals surface area contributed by atoms with Gasteiger partial charge in [0.25, 0.3) is 0 Å². The quantitative estimate of drug-likeness (QED) is 0.422. The number of thiocarbonyl (C=S) groups is 1. The predicted molar refractivity (Wildman–Crippen MR) is 113 cm³/mol. The standard InChI is InChI=1S/C22H25NO4S/c1-15-7-9-16(10-8-15)22(24)27-20-18(25-2)13-17(14-19(20)26-3)21(28)23-11-5-4-6-12-23/h7-10,13-14H,4-6,11-12H2,1-3H3. The summed E-state index contributed by atoms with van der Waals surface area (Å²) in [6.45, 7) is 3.87. The van der Waals surface area contributed by atoms with E-state index in [1.54, 1.807) is 24.3 Å². The predicted octanol–water partition coefficient (Wildman–Crippen LogP) is 4.39. The van der Waals surface area contributed by atoms with Crippen LogP contribution in [0.3, 0.4) is 0 Å². The van der Waals surface area contributed by atoms with E-state index in [4.69, 9.17) is 26.4 Å². The van der Waals surface area contributed by atoms with Gasteiger partial charge in [0.05, 0.1) is 19.8 Å². The van der Waals surface area contributed by atoms with Crippen LogP contribution in [0.15, 0.2) is 36.4 Å². The molecule has 0 spiro atoms. The highest BCUT2D eigenvalue weighted by Crippen LogP contribution is 2.39. The van der Waals surface area contributed by atoms with E-state index in [0.29, 0.717) is 17.1 Å². The number of rotatable bonds is 5. The summed E-state index contributed by atoms with van der Waals surface area (Å²) in [5, 5.41) is 0. The fourth-order valence-electron chi connectivity index (χ4n) is 3.22. The second kappa shape index (κ2) is 9.06. The minimum absolute atomic E-state index is 0.251. The van der Waals surface area contributed by atoms with Crippen molar-refractivity contribution in [1.82, 2.24) is 4.90 Å². The highest BCUT2D eigenvalue weighted by atomic mass is 32.1. The molecule has 0 saturated carbocycles. The lowest BCUT2D eigenvalue weighted by molar-refractivity contribution is 0.0724. The van der Waals surface area contributed by atoms with Crippen LogP contribution in [0.5, 0.6) is 17.2 Å².